The quantitative estimate of drug-likeness (QED) is 0.785. The third-order valence-corrected chi connectivity index (χ3v) is 3.41. The Balaban J connectivity index is 1.92. The summed E-state index contributed by atoms with van der Waals surface area (Å²) >= 11 is 1.64. The van der Waals surface area contributed by atoms with E-state index in [9.17, 15) is 4.79 Å². The molecule has 0 bridgehead atoms. The lowest BCUT2D eigenvalue weighted by molar-refractivity contribution is -0.130. The monoisotopic (exact) mass is 222 g/mol. The molecule has 1 aromatic rings. The van der Waals surface area contributed by atoms with E-state index in [2.05, 4.69) is 11.6 Å². The van der Waals surface area contributed by atoms with Gasteiger partial charge in [0.1, 0.15) is 0 Å². The van der Waals surface area contributed by atoms with Crippen molar-refractivity contribution in [3.05, 3.63) is 28.9 Å². The fourth-order valence-corrected chi connectivity index (χ4v) is 2.37. The molecule has 4 heteroatoms. The number of hydrogen-bond donors (Lipinski definition) is 0. The van der Waals surface area contributed by atoms with E-state index in [0.717, 1.165) is 36.5 Å². The van der Waals surface area contributed by atoms with Gasteiger partial charge in [0.2, 0.25) is 5.91 Å². The van der Waals surface area contributed by atoms with Crippen molar-refractivity contribution in [3.63, 3.8) is 0 Å². The van der Waals surface area contributed by atoms with Gasteiger partial charge in [0.05, 0.1) is 5.01 Å². The lowest BCUT2D eigenvalue weighted by Crippen LogP contribution is -2.34. The van der Waals surface area contributed by atoms with E-state index in [1.54, 1.807) is 17.5 Å². The number of rotatable bonds is 3. The number of carbonyl (C=O) groups excluding carboxylic acids is 1. The van der Waals surface area contributed by atoms with Crippen LogP contribution < -0.4 is 0 Å². The molecule has 1 aliphatic heterocycles. The Morgan fingerprint density at radius 2 is 2.40 bits per heavy atom. The van der Waals surface area contributed by atoms with Crippen molar-refractivity contribution in [2.24, 2.45) is 0 Å². The molecule has 0 aliphatic carbocycles. The molecule has 0 unspecified atom stereocenters. The summed E-state index contributed by atoms with van der Waals surface area (Å²) < 4.78 is 0. The fraction of sp³-hybridized carbons (Fsp3) is 0.455. The molecular formula is C11H14N2OS. The number of likely N-dealkylation sites (tertiary alicyclic amines) is 1. The Kier molecular flexibility index (Phi) is 3.16. The van der Waals surface area contributed by atoms with Gasteiger partial charge >= 0.3 is 0 Å². The molecule has 2 rings (SSSR count). The molecule has 80 valence electrons. The standard InChI is InChI=1S/C11H14N2OS/c1-9-3-2-4-11(14)13(9)7-5-10-12-6-8-15-10/h6,8H,1-5,7H2. The highest BCUT2D eigenvalue weighted by atomic mass is 32.1. The van der Waals surface area contributed by atoms with E-state index >= 15 is 0 Å². The fourth-order valence-electron chi connectivity index (χ4n) is 1.76. The third kappa shape index (κ3) is 2.45. The summed E-state index contributed by atoms with van der Waals surface area (Å²) in [5, 5.41) is 3.04. The summed E-state index contributed by atoms with van der Waals surface area (Å²) in [5.74, 6) is 0.211. The largest absolute Gasteiger partial charge is 0.316 e. The summed E-state index contributed by atoms with van der Waals surface area (Å²) in [5.41, 5.74) is 0.961. The van der Waals surface area contributed by atoms with Crippen molar-refractivity contribution in [1.29, 1.82) is 0 Å². The van der Waals surface area contributed by atoms with Crippen molar-refractivity contribution in [2.75, 3.05) is 6.54 Å². The highest BCUT2D eigenvalue weighted by molar-refractivity contribution is 7.09. The number of nitrogens with zero attached hydrogens (tertiary/aromatic N) is 2. The minimum Gasteiger partial charge on any atom is -0.316 e. The van der Waals surface area contributed by atoms with Gasteiger partial charge in [-0.25, -0.2) is 4.98 Å². The Labute approximate surface area is 93.4 Å². The number of piperidine rings is 1. The minimum absolute atomic E-state index is 0.211. The molecule has 15 heavy (non-hydrogen) atoms. The van der Waals surface area contributed by atoms with Crippen LogP contribution in [0.3, 0.4) is 0 Å². The predicted octanol–water partition coefficient (Wildman–Crippen LogP) is 2.21. The zero-order chi connectivity index (χ0) is 10.7. The topological polar surface area (TPSA) is 33.2 Å². The van der Waals surface area contributed by atoms with E-state index in [1.807, 2.05) is 10.3 Å². The van der Waals surface area contributed by atoms with Crippen LogP contribution in [0.4, 0.5) is 0 Å². The molecule has 3 nitrogen and oxygen atoms in total. The number of hydrogen-bond acceptors (Lipinski definition) is 3. The summed E-state index contributed by atoms with van der Waals surface area (Å²) in [6, 6.07) is 0. The molecule has 1 aliphatic rings. The highest BCUT2D eigenvalue weighted by Gasteiger charge is 2.20. The number of aromatic nitrogens is 1. The Bertz CT molecular complexity index is 343. The van der Waals surface area contributed by atoms with Gasteiger partial charge in [0.25, 0.3) is 0 Å². The van der Waals surface area contributed by atoms with E-state index in [1.165, 1.54) is 0 Å². The molecule has 0 saturated carbocycles. The van der Waals surface area contributed by atoms with Gasteiger partial charge in [0.15, 0.2) is 0 Å². The zero-order valence-corrected chi connectivity index (χ0v) is 9.42. The maximum Gasteiger partial charge on any atom is 0.226 e. The summed E-state index contributed by atoms with van der Waals surface area (Å²) in [4.78, 5) is 17.6. The van der Waals surface area contributed by atoms with Crippen LogP contribution >= 0.6 is 11.3 Å². The number of thiazole rings is 1. The molecule has 1 fully saturated rings. The molecule has 1 amide bonds. The average Bonchev–Trinajstić information content (AvgIpc) is 2.70. The van der Waals surface area contributed by atoms with Crippen LogP contribution in [0.5, 0.6) is 0 Å². The number of amides is 1. The summed E-state index contributed by atoms with van der Waals surface area (Å²) in [7, 11) is 0. The molecule has 1 aromatic heterocycles. The molecule has 0 spiro atoms. The summed E-state index contributed by atoms with van der Waals surface area (Å²) in [6.07, 6.45) is 5.20. The van der Waals surface area contributed by atoms with Crippen molar-refractivity contribution in [3.8, 4) is 0 Å². The number of carbonyl (C=O) groups is 1. The maximum atomic E-state index is 11.6. The average molecular weight is 222 g/mol. The van der Waals surface area contributed by atoms with Crippen LogP contribution in [0.15, 0.2) is 23.9 Å². The van der Waals surface area contributed by atoms with E-state index in [-0.39, 0.29) is 5.91 Å². The van der Waals surface area contributed by atoms with Crippen molar-refractivity contribution in [2.45, 2.75) is 25.7 Å². The van der Waals surface area contributed by atoms with Crippen LogP contribution in [-0.2, 0) is 11.2 Å². The third-order valence-electron chi connectivity index (χ3n) is 2.57. The maximum absolute atomic E-state index is 11.6. The van der Waals surface area contributed by atoms with E-state index < -0.39 is 0 Å². The number of allylic oxidation sites excluding steroid dienone is 1. The summed E-state index contributed by atoms with van der Waals surface area (Å²) in [6.45, 7) is 4.66. The lowest BCUT2D eigenvalue weighted by atomic mass is 10.1. The van der Waals surface area contributed by atoms with Crippen molar-refractivity contribution in [1.82, 2.24) is 9.88 Å². The lowest BCUT2D eigenvalue weighted by Gasteiger charge is -2.28. The first-order valence-electron chi connectivity index (χ1n) is 5.14. The van der Waals surface area contributed by atoms with Crippen LogP contribution in [-0.4, -0.2) is 22.3 Å². The molecule has 1 saturated heterocycles. The molecule has 0 aromatic carbocycles. The van der Waals surface area contributed by atoms with Crippen LogP contribution in [0.25, 0.3) is 0 Å². The molecule has 2 heterocycles. The molecular weight excluding hydrogens is 208 g/mol. The van der Waals surface area contributed by atoms with E-state index in [4.69, 9.17) is 0 Å². The van der Waals surface area contributed by atoms with Gasteiger partial charge in [-0.2, -0.15) is 0 Å². The van der Waals surface area contributed by atoms with Crippen molar-refractivity contribution < 1.29 is 4.79 Å². The Hall–Kier alpha value is -1.16. The Morgan fingerprint density at radius 1 is 1.53 bits per heavy atom. The second-order valence-electron chi connectivity index (χ2n) is 3.64. The predicted molar refractivity (Wildman–Crippen MR) is 60.5 cm³/mol. The molecule has 0 N–H and O–H groups in total. The molecule has 0 radical (unpaired) electrons. The molecule has 0 atom stereocenters. The minimum atomic E-state index is 0.211. The second kappa shape index (κ2) is 4.57. The first kappa shape index (κ1) is 10.4. The van der Waals surface area contributed by atoms with Gasteiger partial charge in [-0.3, -0.25) is 4.79 Å². The van der Waals surface area contributed by atoms with Crippen LogP contribution in [0, 0.1) is 0 Å². The smallest absolute Gasteiger partial charge is 0.226 e. The van der Waals surface area contributed by atoms with Gasteiger partial charge in [-0.15, -0.1) is 11.3 Å². The first-order chi connectivity index (χ1) is 7.27. The normalized spacial score (nSPS) is 17.2. The van der Waals surface area contributed by atoms with Crippen LogP contribution in [0.1, 0.15) is 24.3 Å². The highest BCUT2D eigenvalue weighted by Crippen LogP contribution is 2.20. The SMILES string of the molecule is C=C1CCCC(=O)N1CCc1nccs1. The van der Waals surface area contributed by atoms with Crippen molar-refractivity contribution >= 4 is 17.2 Å². The van der Waals surface area contributed by atoms with Crippen LogP contribution in [0.2, 0.25) is 0 Å². The van der Waals surface area contributed by atoms with E-state index in [0.29, 0.717) is 6.42 Å². The Morgan fingerprint density at radius 3 is 3.07 bits per heavy atom. The first-order valence-corrected chi connectivity index (χ1v) is 6.02. The van der Waals surface area contributed by atoms with Gasteiger partial charge < -0.3 is 4.90 Å². The second-order valence-corrected chi connectivity index (χ2v) is 4.62. The van der Waals surface area contributed by atoms with Gasteiger partial charge in [0, 0.05) is 36.7 Å². The van der Waals surface area contributed by atoms with Gasteiger partial charge in [-0.1, -0.05) is 6.58 Å². The zero-order valence-electron chi connectivity index (χ0n) is 8.61. The van der Waals surface area contributed by atoms with Gasteiger partial charge in [-0.05, 0) is 12.8 Å².